The Morgan fingerprint density at radius 1 is 1.56 bits per heavy atom. The number of nitrogens with two attached hydrogens (primary N) is 1. The molecule has 1 amide bonds. The maximum atomic E-state index is 11.6. The number of likely N-dealkylation sites (N-methyl/N-ethyl adjacent to an activating group) is 1. The number of halogens is 1. The molecule has 1 unspecified atom stereocenters. The largest absolute Gasteiger partial charge is 0.481 e. The lowest BCUT2D eigenvalue weighted by molar-refractivity contribution is -0.127. The molecule has 0 radical (unpaired) electrons. The molecule has 1 rings (SSSR count). The third-order valence-corrected chi connectivity index (χ3v) is 2.95. The Labute approximate surface area is 116 Å². The maximum Gasteiger partial charge on any atom is 0.260 e. The molecule has 0 saturated heterocycles. The molecule has 100 valence electrons. The van der Waals surface area contributed by atoms with Crippen molar-refractivity contribution in [2.75, 3.05) is 13.1 Å². The predicted octanol–water partition coefficient (Wildman–Crippen LogP) is 1.85. The Morgan fingerprint density at radius 3 is 2.89 bits per heavy atom. The fourth-order valence-corrected chi connectivity index (χ4v) is 1.98. The average Bonchev–Trinajstić information content (AvgIpc) is 2.33. The molecule has 1 aromatic carbocycles. The third kappa shape index (κ3) is 4.31. The van der Waals surface area contributed by atoms with Crippen molar-refractivity contribution in [3.63, 3.8) is 0 Å². The lowest BCUT2D eigenvalue weighted by atomic mass is 10.1. The molecule has 0 aliphatic carbocycles. The van der Waals surface area contributed by atoms with Crippen LogP contribution in [0.25, 0.3) is 0 Å². The lowest BCUT2D eigenvalue weighted by Crippen LogP contribution is -2.36. The quantitative estimate of drug-likeness (QED) is 0.842. The van der Waals surface area contributed by atoms with Crippen LogP contribution >= 0.6 is 15.9 Å². The van der Waals surface area contributed by atoms with Crippen LogP contribution in [-0.2, 0) is 11.2 Å². The Kier molecular flexibility index (Phi) is 6.15. The molecule has 4 nitrogen and oxygen atoms in total. The van der Waals surface area contributed by atoms with E-state index in [2.05, 4.69) is 21.2 Å². The van der Waals surface area contributed by atoms with Crippen LogP contribution in [0.5, 0.6) is 5.75 Å². The Balaban J connectivity index is 2.79. The summed E-state index contributed by atoms with van der Waals surface area (Å²) in [7, 11) is 0. The maximum absolute atomic E-state index is 11.6. The van der Waals surface area contributed by atoms with Crippen LogP contribution in [0.1, 0.15) is 19.4 Å². The van der Waals surface area contributed by atoms with E-state index in [4.69, 9.17) is 10.5 Å². The SMILES string of the molecule is CCNC(=O)C(C)Oc1ccc(Br)cc1CCN. The zero-order valence-electron chi connectivity index (χ0n) is 10.7. The summed E-state index contributed by atoms with van der Waals surface area (Å²) in [6.45, 7) is 4.76. The molecule has 1 atom stereocenters. The fraction of sp³-hybridized carbons (Fsp3) is 0.462. The molecule has 0 spiro atoms. The highest BCUT2D eigenvalue weighted by molar-refractivity contribution is 9.10. The highest BCUT2D eigenvalue weighted by Crippen LogP contribution is 2.24. The molecule has 18 heavy (non-hydrogen) atoms. The summed E-state index contributed by atoms with van der Waals surface area (Å²) in [6.07, 6.45) is 0.208. The van der Waals surface area contributed by atoms with Gasteiger partial charge in [-0.25, -0.2) is 0 Å². The van der Waals surface area contributed by atoms with Crippen molar-refractivity contribution >= 4 is 21.8 Å². The zero-order valence-corrected chi connectivity index (χ0v) is 12.3. The van der Waals surface area contributed by atoms with Gasteiger partial charge in [-0.1, -0.05) is 15.9 Å². The van der Waals surface area contributed by atoms with Crippen LogP contribution in [0.2, 0.25) is 0 Å². The first-order valence-corrected chi connectivity index (χ1v) is 6.80. The van der Waals surface area contributed by atoms with Gasteiger partial charge in [0, 0.05) is 11.0 Å². The molecular formula is C13H19BrN2O2. The summed E-state index contributed by atoms with van der Waals surface area (Å²) < 4.78 is 6.65. The van der Waals surface area contributed by atoms with E-state index in [1.807, 2.05) is 25.1 Å². The zero-order chi connectivity index (χ0) is 13.5. The summed E-state index contributed by atoms with van der Waals surface area (Å²) in [6, 6.07) is 5.71. The second-order valence-corrected chi connectivity index (χ2v) is 4.86. The van der Waals surface area contributed by atoms with Crippen molar-refractivity contribution in [1.82, 2.24) is 5.32 Å². The van der Waals surface area contributed by atoms with Crippen LogP contribution in [0, 0.1) is 0 Å². The van der Waals surface area contributed by atoms with Gasteiger partial charge in [-0.15, -0.1) is 0 Å². The number of benzene rings is 1. The first kappa shape index (κ1) is 15.0. The molecule has 0 aliphatic heterocycles. The van der Waals surface area contributed by atoms with Crippen LogP contribution in [0.4, 0.5) is 0 Å². The van der Waals surface area contributed by atoms with E-state index >= 15 is 0 Å². The van der Waals surface area contributed by atoms with E-state index in [0.717, 1.165) is 16.5 Å². The van der Waals surface area contributed by atoms with Crippen LogP contribution in [0.15, 0.2) is 22.7 Å². The van der Waals surface area contributed by atoms with Gasteiger partial charge in [0.1, 0.15) is 5.75 Å². The molecule has 0 aromatic heterocycles. The molecule has 0 heterocycles. The van der Waals surface area contributed by atoms with E-state index in [1.165, 1.54) is 0 Å². The van der Waals surface area contributed by atoms with Crippen molar-refractivity contribution in [2.45, 2.75) is 26.4 Å². The second-order valence-electron chi connectivity index (χ2n) is 3.95. The van der Waals surface area contributed by atoms with E-state index in [9.17, 15) is 4.79 Å². The molecule has 0 bridgehead atoms. The van der Waals surface area contributed by atoms with Gasteiger partial charge in [0.2, 0.25) is 0 Å². The van der Waals surface area contributed by atoms with E-state index < -0.39 is 6.10 Å². The Hall–Kier alpha value is -1.07. The van der Waals surface area contributed by atoms with Crippen LogP contribution < -0.4 is 15.8 Å². The summed E-state index contributed by atoms with van der Waals surface area (Å²) in [5.74, 6) is 0.599. The summed E-state index contributed by atoms with van der Waals surface area (Å²) in [4.78, 5) is 11.6. The normalized spacial score (nSPS) is 12.0. The van der Waals surface area contributed by atoms with Gasteiger partial charge >= 0.3 is 0 Å². The standard InChI is InChI=1S/C13H19BrN2O2/c1-3-16-13(17)9(2)18-12-5-4-11(14)8-10(12)6-7-15/h4-5,8-9H,3,6-7,15H2,1-2H3,(H,16,17). The van der Waals surface area contributed by atoms with E-state index in [0.29, 0.717) is 18.8 Å². The number of carbonyl (C=O) groups excluding carboxylic acids is 1. The number of amides is 1. The molecule has 0 saturated carbocycles. The first-order chi connectivity index (χ1) is 8.58. The summed E-state index contributed by atoms with van der Waals surface area (Å²) in [5, 5.41) is 2.73. The molecule has 0 fully saturated rings. The van der Waals surface area contributed by atoms with Gasteiger partial charge in [-0.05, 0) is 50.6 Å². The van der Waals surface area contributed by atoms with Gasteiger partial charge in [-0.3, -0.25) is 4.79 Å². The lowest BCUT2D eigenvalue weighted by Gasteiger charge is -2.17. The molecule has 5 heteroatoms. The van der Waals surface area contributed by atoms with E-state index in [-0.39, 0.29) is 5.91 Å². The number of ether oxygens (including phenoxy) is 1. The van der Waals surface area contributed by atoms with Gasteiger partial charge < -0.3 is 15.8 Å². The number of rotatable bonds is 6. The molecular weight excluding hydrogens is 296 g/mol. The van der Waals surface area contributed by atoms with Crippen LogP contribution in [0.3, 0.4) is 0 Å². The van der Waals surface area contributed by atoms with Crippen molar-refractivity contribution in [1.29, 1.82) is 0 Å². The van der Waals surface area contributed by atoms with Gasteiger partial charge in [0.25, 0.3) is 5.91 Å². The first-order valence-electron chi connectivity index (χ1n) is 6.01. The number of carbonyl (C=O) groups is 1. The minimum Gasteiger partial charge on any atom is -0.481 e. The molecule has 3 N–H and O–H groups in total. The van der Waals surface area contributed by atoms with Crippen molar-refractivity contribution in [2.24, 2.45) is 5.73 Å². The fourth-order valence-electron chi connectivity index (χ4n) is 1.58. The number of nitrogens with one attached hydrogen (secondary N) is 1. The topological polar surface area (TPSA) is 64.3 Å². The molecule has 0 aliphatic rings. The van der Waals surface area contributed by atoms with Crippen molar-refractivity contribution < 1.29 is 9.53 Å². The second kappa shape index (κ2) is 7.38. The van der Waals surface area contributed by atoms with Gasteiger partial charge in [-0.2, -0.15) is 0 Å². The van der Waals surface area contributed by atoms with Gasteiger partial charge in [0.15, 0.2) is 6.10 Å². The third-order valence-electron chi connectivity index (χ3n) is 2.46. The summed E-state index contributed by atoms with van der Waals surface area (Å²) in [5.41, 5.74) is 6.57. The minimum atomic E-state index is -0.511. The highest BCUT2D eigenvalue weighted by atomic mass is 79.9. The number of hydrogen-bond donors (Lipinski definition) is 2. The monoisotopic (exact) mass is 314 g/mol. The average molecular weight is 315 g/mol. The highest BCUT2D eigenvalue weighted by Gasteiger charge is 2.15. The minimum absolute atomic E-state index is 0.112. The van der Waals surface area contributed by atoms with Gasteiger partial charge in [0.05, 0.1) is 0 Å². The Morgan fingerprint density at radius 2 is 2.28 bits per heavy atom. The van der Waals surface area contributed by atoms with Crippen molar-refractivity contribution in [3.05, 3.63) is 28.2 Å². The predicted molar refractivity (Wildman–Crippen MR) is 75.7 cm³/mol. The number of hydrogen-bond acceptors (Lipinski definition) is 3. The Bertz CT molecular complexity index is 410. The smallest absolute Gasteiger partial charge is 0.260 e. The van der Waals surface area contributed by atoms with E-state index in [1.54, 1.807) is 6.92 Å². The molecule has 1 aromatic rings. The van der Waals surface area contributed by atoms with Crippen LogP contribution in [-0.4, -0.2) is 25.1 Å². The van der Waals surface area contributed by atoms with Crippen molar-refractivity contribution in [3.8, 4) is 5.75 Å². The summed E-state index contributed by atoms with van der Waals surface area (Å²) >= 11 is 3.41.